The molecule has 0 spiro atoms. The Balaban J connectivity index is 1.45. The Bertz CT molecular complexity index is 823. The molecule has 7 heteroatoms. The van der Waals surface area contributed by atoms with Gasteiger partial charge >= 0.3 is 0 Å². The zero-order chi connectivity index (χ0) is 17.4. The summed E-state index contributed by atoms with van der Waals surface area (Å²) in [6.45, 7) is 0.607. The van der Waals surface area contributed by atoms with E-state index in [1.807, 2.05) is 17.7 Å². The van der Waals surface area contributed by atoms with Gasteiger partial charge in [-0.1, -0.05) is 0 Å². The maximum Gasteiger partial charge on any atom is 0.144 e. The third-order valence-electron chi connectivity index (χ3n) is 5.47. The second-order valence-corrected chi connectivity index (χ2v) is 7.13. The maximum absolute atomic E-state index is 10.4. The molecule has 0 radical (unpaired) electrons. The number of anilines is 1. The summed E-state index contributed by atoms with van der Waals surface area (Å²) in [5, 5.41) is 31.2. The lowest BCUT2D eigenvalue weighted by Crippen LogP contribution is -2.22. The van der Waals surface area contributed by atoms with Gasteiger partial charge in [-0.2, -0.15) is 5.26 Å². The first-order valence-corrected chi connectivity index (χ1v) is 8.84. The van der Waals surface area contributed by atoms with Crippen LogP contribution >= 0.6 is 0 Å². The summed E-state index contributed by atoms with van der Waals surface area (Å²) in [5.41, 5.74) is 2.90. The Labute approximate surface area is 146 Å². The van der Waals surface area contributed by atoms with Gasteiger partial charge in [-0.3, -0.25) is 0 Å². The first-order chi connectivity index (χ1) is 12.2. The monoisotopic (exact) mass is 338 g/mol. The molecule has 25 heavy (non-hydrogen) atoms. The Morgan fingerprint density at radius 3 is 3.04 bits per heavy atom. The largest absolute Gasteiger partial charge is 0.393 e. The number of pyridine rings is 1. The number of aromatic nitrogens is 4. The van der Waals surface area contributed by atoms with Gasteiger partial charge in [-0.05, 0) is 43.7 Å². The number of fused-ring (bicyclic) bond motifs is 1. The van der Waals surface area contributed by atoms with Gasteiger partial charge in [0.05, 0.1) is 11.7 Å². The van der Waals surface area contributed by atoms with Crippen molar-refractivity contribution in [2.24, 2.45) is 13.0 Å². The lowest BCUT2D eigenvalue weighted by molar-refractivity contribution is 0.137. The van der Waals surface area contributed by atoms with E-state index in [4.69, 9.17) is 0 Å². The maximum atomic E-state index is 10.4. The van der Waals surface area contributed by atoms with E-state index >= 15 is 0 Å². The molecular weight excluding hydrogens is 316 g/mol. The lowest BCUT2D eigenvalue weighted by atomic mass is 10.0. The smallest absolute Gasteiger partial charge is 0.144 e. The predicted octanol–water partition coefficient (Wildman–Crippen LogP) is 1.54. The summed E-state index contributed by atoms with van der Waals surface area (Å²) >= 11 is 0. The molecule has 130 valence electrons. The van der Waals surface area contributed by atoms with Gasteiger partial charge in [-0.25, -0.2) is 4.98 Å². The minimum Gasteiger partial charge on any atom is -0.393 e. The summed E-state index contributed by atoms with van der Waals surface area (Å²) in [4.78, 5) is 4.65. The van der Waals surface area contributed by atoms with Crippen molar-refractivity contribution in [3.8, 4) is 6.07 Å². The van der Waals surface area contributed by atoms with Gasteiger partial charge < -0.3 is 15.0 Å². The molecule has 4 rings (SSSR count). The zero-order valence-electron chi connectivity index (χ0n) is 14.3. The highest BCUT2D eigenvalue weighted by atomic mass is 16.3. The Morgan fingerprint density at radius 2 is 2.28 bits per heavy atom. The van der Waals surface area contributed by atoms with Crippen molar-refractivity contribution in [2.45, 2.75) is 44.1 Å². The summed E-state index contributed by atoms with van der Waals surface area (Å²) in [6.07, 6.45) is 5.97. The minimum absolute atomic E-state index is 0.114. The van der Waals surface area contributed by atoms with Crippen molar-refractivity contribution >= 4 is 5.82 Å². The number of aliphatic hydroxyl groups is 1. The Hall–Kier alpha value is -2.46. The topological polar surface area (TPSA) is 99.7 Å². The molecule has 0 saturated heterocycles. The zero-order valence-corrected chi connectivity index (χ0v) is 14.3. The van der Waals surface area contributed by atoms with Crippen LogP contribution in [0.15, 0.2) is 12.4 Å². The minimum atomic E-state index is -0.380. The van der Waals surface area contributed by atoms with Crippen molar-refractivity contribution in [3.63, 3.8) is 0 Å². The number of aliphatic hydroxyl groups excluding tert-OH is 1. The number of nitrogens with zero attached hydrogens (tertiary/aromatic N) is 5. The van der Waals surface area contributed by atoms with E-state index in [-0.39, 0.29) is 17.9 Å². The van der Waals surface area contributed by atoms with Crippen LogP contribution in [0, 0.1) is 17.2 Å². The summed E-state index contributed by atoms with van der Waals surface area (Å²) in [7, 11) is 1.93. The average molecular weight is 338 g/mol. The Morgan fingerprint density at radius 1 is 1.40 bits per heavy atom. The molecule has 0 aliphatic heterocycles. The first kappa shape index (κ1) is 16.0. The molecule has 7 nitrogen and oxygen atoms in total. The van der Waals surface area contributed by atoms with E-state index in [9.17, 15) is 10.4 Å². The summed E-state index contributed by atoms with van der Waals surface area (Å²) in [5.74, 6) is 1.91. The third kappa shape index (κ3) is 2.98. The molecule has 0 amide bonds. The summed E-state index contributed by atoms with van der Waals surface area (Å²) < 4.78 is 1.92. The van der Waals surface area contributed by atoms with Crippen LogP contribution in [0.1, 0.15) is 47.8 Å². The van der Waals surface area contributed by atoms with E-state index in [1.54, 1.807) is 6.33 Å². The van der Waals surface area contributed by atoms with Crippen molar-refractivity contribution in [1.82, 2.24) is 19.7 Å². The number of nitriles is 1. The van der Waals surface area contributed by atoms with Gasteiger partial charge in [0.1, 0.15) is 24.0 Å². The molecule has 2 N–H and O–H groups in total. The lowest BCUT2D eigenvalue weighted by Gasteiger charge is -2.16. The van der Waals surface area contributed by atoms with Crippen LogP contribution in [-0.2, 0) is 19.9 Å². The fourth-order valence-corrected chi connectivity index (χ4v) is 4.11. The van der Waals surface area contributed by atoms with Crippen molar-refractivity contribution in [3.05, 3.63) is 35.0 Å². The SMILES string of the molecule is Cn1cnnc1[C@H]1C[C@H](CNc2nc3c(cc2C#N)CCC3)[C@H](O)C1. The number of hydrogen-bond donors (Lipinski definition) is 2. The van der Waals surface area contributed by atoms with Crippen LogP contribution in [0.2, 0.25) is 0 Å². The molecule has 2 aromatic heterocycles. The highest BCUT2D eigenvalue weighted by Crippen LogP contribution is 2.37. The van der Waals surface area contributed by atoms with Gasteiger partial charge in [0.25, 0.3) is 0 Å². The quantitative estimate of drug-likeness (QED) is 0.877. The second kappa shape index (κ2) is 6.45. The van der Waals surface area contributed by atoms with Crippen LogP contribution < -0.4 is 5.32 Å². The van der Waals surface area contributed by atoms with Crippen LogP contribution in [0.5, 0.6) is 0 Å². The number of nitrogens with one attached hydrogen (secondary N) is 1. The van der Waals surface area contributed by atoms with Gasteiger partial charge in [0.15, 0.2) is 0 Å². The summed E-state index contributed by atoms with van der Waals surface area (Å²) in [6, 6.07) is 4.20. The molecule has 2 heterocycles. The molecule has 0 aromatic carbocycles. The fraction of sp³-hybridized carbons (Fsp3) is 0.556. The highest BCUT2D eigenvalue weighted by molar-refractivity contribution is 5.55. The second-order valence-electron chi connectivity index (χ2n) is 7.13. The number of aryl methyl sites for hydroxylation is 3. The fourth-order valence-electron chi connectivity index (χ4n) is 4.11. The molecule has 0 bridgehead atoms. The molecule has 3 atom stereocenters. The average Bonchev–Trinajstić information content (AvgIpc) is 3.31. The van der Waals surface area contributed by atoms with Crippen LogP contribution in [0.25, 0.3) is 0 Å². The molecule has 0 unspecified atom stereocenters. The van der Waals surface area contributed by atoms with E-state index in [0.29, 0.717) is 24.3 Å². The molecular formula is C18H22N6O. The van der Waals surface area contributed by atoms with Crippen LogP contribution in [0.3, 0.4) is 0 Å². The number of rotatable bonds is 4. The third-order valence-corrected chi connectivity index (χ3v) is 5.47. The molecule has 1 fully saturated rings. The normalized spacial score (nSPS) is 24.9. The van der Waals surface area contributed by atoms with Crippen molar-refractivity contribution in [2.75, 3.05) is 11.9 Å². The van der Waals surface area contributed by atoms with E-state index in [0.717, 1.165) is 37.2 Å². The van der Waals surface area contributed by atoms with Gasteiger partial charge in [-0.15, -0.1) is 10.2 Å². The highest BCUT2D eigenvalue weighted by Gasteiger charge is 2.36. The van der Waals surface area contributed by atoms with Gasteiger partial charge in [0, 0.05) is 31.1 Å². The van der Waals surface area contributed by atoms with Crippen LogP contribution in [-0.4, -0.2) is 37.5 Å². The molecule has 1 saturated carbocycles. The molecule has 2 aliphatic carbocycles. The van der Waals surface area contributed by atoms with Gasteiger partial charge in [0.2, 0.25) is 0 Å². The first-order valence-electron chi connectivity index (χ1n) is 8.84. The van der Waals surface area contributed by atoms with E-state index in [2.05, 4.69) is 26.6 Å². The predicted molar refractivity (Wildman–Crippen MR) is 91.9 cm³/mol. The molecule has 2 aliphatic rings. The van der Waals surface area contributed by atoms with Crippen molar-refractivity contribution in [1.29, 1.82) is 5.26 Å². The van der Waals surface area contributed by atoms with E-state index < -0.39 is 0 Å². The standard InChI is InChI=1S/C18H22N6O/c1-24-10-21-23-18(24)12-6-14(16(25)7-12)9-20-17-13(8-19)5-11-3-2-4-15(11)22-17/h5,10,12,14,16,25H,2-4,6-7,9H2,1H3,(H,20,22)/t12-,14+,16+/m0/s1. The van der Waals surface area contributed by atoms with Crippen LogP contribution in [0.4, 0.5) is 5.82 Å². The number of hydrogen-bond acceptors (Lipinski definition) is 6. The molecule has 2 aromatic rings. The van der Waals surface area contributed by atoms with E-state index in [1.165, 1.54) is 5.56 Å². The Kier molecular flexibility index (Phi) is 4.14. The van der Waals surface area contributed by atoms with Crippen molar-refractivity contribution < 1.29 is 5.11 Å².